The molecule has 0 radical (unpaired) electrons. The minimum Gasteiger partial charge on any atom is -0.455 e. The average Bonchev–Trinajstić information content (AvgIpc) is 3.21. The summed E-state index contributed by atoms with van der Waals surface area (Å²) in [7, 11) is 0. The summed E-state index contributed by atoms with van der Waals surface area (Å²) in [5.41, 5.74) is 0.825. The first-order chi connectivity index (χ1) is 15.6. The number of halogens is 4. The Labute approximate surface area is 194 Å². The van der Waals surface area contributed by atoms with Gasteiger partial charge in [-0.25, -0.2) is 4.98 Å². The van der Waals surface area contributed by atoms with Crippen LogP contribution in [0.25, 0.3) is 22.2 Å². The SMILES string of the molecule is CC(C)c1nc2ccc(Br)cc2c(=O)n1N=Cc1ccc(-c2ccc(OC(F)(F)F)cc2)o1. The first kappa shape index (κ1) is 22.8. The summed E-state index contributed by atoms with van der Waals surface area (Å²) in [6.45, 7) is 3.82. The van der Waals surface area contributed by atoms with Gasteiger partial charge < -0.3 is 9.15 Å². The molecule has 0 saturated heterocycles. The Kier molecular flexibility index (Phi) is 6.11. The van der Waals surface area contributed by atoms with E-state index in [0.29, 0.717) is 33.8 Å². The van der Waals surface area contributed by atoms with Crippen molar-refractivity contribution in [3.8, 4) is 17.1 Å². The molecule has 0 aliphatic carbocycles. The molecule has 0 fully saturated rings. The molecule has 0 saturated carbocycles. The fourth-order valence-electron chi connectivity index (χ4n) is 3.16. The molecule has 2 heterocycles. The largest absolute Gasteiger partial charge is 0.573 e. The molecule has 33 heavy (non-hydrogen) atoms. The van der Waals surface area contributed by atoms with Crippen LogP contribution in [0.3, 0.4) is 0 Å². The van der Waals surface area contributed by atoms with Crippen molar-refractivity contribution < 1.29 is 22.3 Å². The molecule has 0 aliphatic rings. The van der Waals surface area contributed by atoms with E-state index in [1.165, 1.54) is 35.2 Å². The van der Waals surface area contributed by atoms with Gasteiger partial charge in [-0.1, -0.05) is 29.8 Å². The molecule has 0 bridgehead atoms. The summed E-state index contributed by atoms with van der Waals surface area (Å²) < 4.78 is 48.5. The lowest BCUT2D eigenvalue weighted by atomic mass is 10.2. The smallest absolute Gasteiger partial charge is 0.455 e. The number of hydrogen-bond acceptors (Lipinski definition) is 5. The molecule has 0 unspecified atom stereocenters. The van der Waals surface area contributed by atoms with Crippen molar-refractivity contribution in [3.05, 3.63) is 81.0 Å². The molecule has 4 rings (SSSR count). The maximum Gasteiger partial charge on any atom is 0.573 e. The summed E-state index contributed by atoms with van der Waals surface area (Å²) in [6.07, 6.45) is -3.36. The fourth-order valence-corrected chi connectivity index (χ4v) is 3.53. The number of ether oxygens (including phenoxy) is 1. The minimum absolute atomic E-state index is 0.0625. The van der Waals surface area contributed by atoms with Crippen molar-refractivity contribution in [2.24, 2.45) is 5.10 Å². The summed E-state index contributed by atoms with van der Waals surface area (Å²) in [5.74, 6) is 0.893. The Morgan fingerprint density at radius 1 is 1.12 bits per heavy atom. The van der Waals surface area contributed by atoms with E-state index in [9.17, 15) is 18.0 Å². The number of aromatic nitrogens is 2. The Bertz CT molecular complexity index is 1390. The van der Waals surface area contributed by atoms with Crippen molar-refractivity contribution in [2.45, 2.75) is 26.1 Å². The molecule has 0 aliphatic heterocycles. The van der Waals surface area contributed by atoms with Gasteiger partial charge in [0.15, 0.2) is 0 Å². The summed E-state index contributed by atoms with van der Waals surface area (Å²) in [5, 5.41) is 4.72. The van der Waals surface area contributed by atoms with Gasteiger partial charge in [-0.05, 0) is 54.6 Å². The highest BCUT2D eigenvalue weighted by molar-refractivity contribution is 9.10. The van der Waals surface area contributed by atoms with Crippen LogP contribution in [-0.2, 0) is 0 Å². The van der Waals surface area contributed by atoms with Crippen LogP contribution in [0.1, 0.15) is 31.4 Å². The summed E-state index contributed by atoms with van der Waals surface area (Å²) >= 11 is 3.37. The van der Waals surface area contributed by atoms with E-state index in [0.717, 1.165) is 4.47 Å². The molecule has 0 N–H and O–H groups in total. The Morgan fingerprint density at radius 2 is 1.85 bits per heavy atom. The van der Waals surface area contributed by atoms with Gasteiger partial charge in [-0.2, -0.15) is 9.78 Å². The van der Waals surface area contributed by atoms with Crippen molar-refractivity contribution >= 4 is 33.0 Å². The maximum atomic E-state index is 13.1. The van der Waals surface area contributed by atoms with E-state index in [1.807, 2.05) is 19.9 Å². The normalized spacial score (nSPS) is 12.2. The number of hydrogen-bond donors (Lipinski definition) is 0. The number of nitrogens with zero attached hydrogens (tertiary/aromatic N) is 3. The first-order valence-electron chi connectivity index (χ1n) is 9.83. The topological polar surface area (TPSA) is 69.6 Å². The molecular formula is C23H17BrF3N3O3. The van der Waals surface area contributed by atoms with E-state index < -0.39 is 6.36 Å². The second kappa shape index (κ2) is 8.86. The van der Waals surface area contributed by atoms with Crippen LogP contribution < -0.4 is 10.3 Å². The molecule has 6 nitrogen and oxygen atoms in total. The lowest BCUT2D eigenvalue weighted by Crippen LogP contribution is -2.23. The van der Waals surface area contributed by atoms with Gasteiger partial charge >= 0.3 is 6.36 Å². The maximum absolute atomic E-state index is 13.1. The number of fused-ring (bicyclic) bond motifs is 1. The van der Waals surface area contributed by atoms with Gasteiger partial charge in [0, 0.05) is 16.0 Å². The van der Waals surface area contributed by atoms with E-state index >= 15 is 0 Å². The second-order valence-electron chi connectivity index (χ2n) is 7.42. The van der Waals surface area contributed by atoms with Gasteiger partial charge in [0.05, 0.1) is 17.1 Å². The quantitative estimate of drug-likeness (QED) is 0.289. The van der Waals surface area contributed by atoms with Crippen LogP contribution in [-0.4, -0.2) is 22.2 Å². The van der Waals surface area contributed by atoms with Crippen LogP contribution >= 0.6 is 15.9 Å². The molecule has 2 aromatic heterocycles. The Hall–Kier alpha value is -3.40. The zero-order chi connectivity index (χ0) is 23.8. The van der Waals surface area contributed by atoms with E-state index in [1.54, 1.807) is 24.3 Å². The molecule has 0 atom stereocenters. The number of alkyl halides is 3. The third-order valence-corrected chi connectivity index (χ3v) is 5.14. The van der Waals surface area contributed by atoms with Crippen molar-refractivity contribution in [1.29, 1.82) is 0 Å². The first-order valence-corrected chi connectivity index (χ1v) is 10.6. The minimum atomic E-state index is -4.75. The van der Waals surface area contributed by atoms with Crippen molar-refractivity contribution in [2.75, 3.05) is 0 Å². The highest BCUT2D eigenvalue weighted by Crippen LogP contribution is 2.27. The number of rotatable bonds is 5. The zero-order valence-electron chi connectivity index (χ0n) is 17.4. The van der Waals surface area contributed by atoms with Crippen LogP contribution in [0.15, 0.2) is 73.4 Å². The summed E-state index contributed by atoms with van der Waals surface area (Å²) in [4.78, 5) is 17.6. The molecule has 170 valence electrons. The number of benzene rings is 2. The highest BCUT2D eigenvalue weighted by Gasteiger charge is 2.31. The van der Waals surface area contributed by atoms with Crippen LogP contribution in [0.2, 0.25) is 0 Å². The van der Waals surface area contributed by atoms with E-state index in [4.69, 9.17) is 4.42 Å². The molecular weight excluding hydrogens is 503 g/mol. The standard InChI is InChI=1S/C23H17BrF3N3O3/c1-13(2)21-29-19-9-5-15(24)11-18(19)22(31)30(21)28-12-17-8-10-20(32-17)14-3-6-16(7-4-14)33-23(25,26)27/h3-13H,1-2H3. The zero-order valence-corrected chi connectivity index (χ0v) is 19.0. The van der Waals surface area contributed by atoms with E-state index in [2.05, 4.69) is 30.8 Å². The number of furan rings is 1. The van der Waals surface area contributed by atoms with Crippen molar-refractivity contribution in [3.63, 3.8) is 0 Å². The molecule has 0 spiro atoms. The second-order valence-corrected chi connectivity index (χ2v) is 8.34. The Morgan fingerprint density at radius 3 is 2.52 bits per heavy atom. The van der Waals surface area contributed by atoms with Gasteiger partial charge in [-0.3, -0.25) is 4.79 Å². The monoisotopic (exact) mass is 519 g/mol. The predicted molar refractivity (Wildman–Crippen MR) is 122 cm³/mol. The molecule has 2 aromatic carbocycles. The van der Waals surface area contributed by atoms with Crippen LogP contribution in [0.5, 0.6) is 5.75 Å². The summed E-state index contributed by atoms with van der Waals surface area (Å²) in [6, 6.07) is 13.9. The van der Waals surface area contributed by atoms with Gasteiger partial charge in [0.1, 0.15) is 23.1 Å². The molecule has 10 heteroatoms. The van der Waals surface area contributed by atoms with E-state index in [-0.39, 0.29) is 17.2 Å². The molecule has 0 amide bonds. The van der Waals surface area contributed by atoms with Crippen LogP contribution in [0, 0.1) is 0 Å². The fraction of sp³-hybridized carbons (Fsp3) is 0.174. The van der Waals surface area contributed by atoms with Gasteiger partial charge in [0.2, 0.25) is 0 Å². The van der Waals surface area contributed by atoms with Gasteiger partial charge in [0.25, 0.3) is 5.56 Å². The highest BCUT2D eigenvalue weighted by atomic mass is 79.9. The third kappa shape index (κ3) is 5.16. The lowest BCUT2D eigenvalue weighted by Gasteiger charge is -2.11. The average molecular weight is 520 g/mol. The lowest BCUT2D eigenvalue weighted by molar-refractivity contribution is -0.274. The molecule has 4 aromatic rings. The van der Waals surface area contributed by atoms with Crippen LogP contribution in [0.4, 0.5) is 13.2 Å². The van der Waals surface area contributed by atoms with Gasteiger partial charge in [-0.15, -0.1) is 13.2 Å². The van der Waals surface area contributed by atoms with Crippen molar-refractivity contribution in [1.82, 2.24) is 9.66 Å². The third-order valence-electron chi connectivity index (χ3n) is 4.65. The Balaban J connectivity index is 1.64. The predicted octanol–water partition coefficient (Wildman–Crippen LogP) is 6.32.